The first-order valence-electron chi connectivity index (χ1n) is 4.43. The van der Waals surface area contributed by atoms with Crippen LogP contribution in [0.1, 0.15) is 19.8 Å². The maximum atomic E-state index is 5.34. The van der Waals surface area contributed by atoms with Gasteiger partial charge >= 0.3 is 7.48 Å². The number of rotatable bonds is 5. The van der Waals surface area contributed by atoms with Gasteiger partial charge in [0.15, 0.2) is 0 Å². The molecule has 0 unspecified atom stereocenters. The van der Waals surface area contributed by atoms with Crippen molar-refractivity contribution in [1.29, 1.82) is 0 Å². The monoisotopic (exact) mass is 161 g/mol. The van der Waals surface area contributed by atoms with Crippen molar-refractivity contribution in [3.8, 4) is 0 Å². The Morgan fingerprint density at radius 2 is 2.00 bits per heavy atom. The number of hydrogen-bond acceptors (Lipinski definition) is 1. The molecule has 12 heavy (non-hydrogen) atoms. The zero-order chi connectivity index (χ0) is 8.65. The van der Waals surface area contributed by atoms with Crippen LogP contribution < -0.4 is 5.46 Å². The van der Waals surface area contributed by atoms with Gasteiger partial charge in [0, 0.05) is 6.61 Å². The van der Waals surface area contributed by atoms with Crippen molar-refractivity contribution in [1.82, 2.24) is 0 Å². The molecule has 0 spiro atoms. The van der Waals surface area contributed by atoms with E-state index >= 15 is 0 Å². The average Bonchev–Trinajstić information content (AvgIpc) is 2.14. The molecule has 0 bridgehead atoms. The molecule has 0 saturated carbocycles. The molecule has 0 aliphatic heterocycles. The minimum Gasteiger partial charge on any atom is -0.434 e. The summed E-state index contributed by atoms with van der Waals surface area (Å²) in [6, 6.07) is 10.1. The third kappa shape index (κ3) is 3.58. The lowest BCUT2D eigenvalue weighted by Crippen LogP contribution is -2.17. The van der Waals surface area contributed by atoms with Crippen LogP contribution in [0.4, 0.5) is 0 Å². The Morgan fingerprint density at radius 1 is 1.25 bits per heavy atom. The van der Waals surface area contributed by atoms with E-state index in [-0.39, 0.29) is 0 Å². The molecule has 0 atom stereocenters. The van der Waals surface area contributed by atoms with Crippen LogP contribution in [0.15, 0.2) is 30.3 Å². The van der Waals surface area contributed by atoms with Gasteiger partial charge in [-0.05, 0) is 6.42 Å². The summed E-state index contributed by atoms with van der Waals surface area (Å²) < 4.78 is 5.34. The normalized spacial score (nSPS) is 9.75. The van der Waals surface area contributed by atoms with E-state index in [4.69, 9.17) is 4.65 Å². The lowest BCUT2D eigenvalue weighted by Gasteiger charge is -2.00. The molecule has 0 N–H and O–H groups in total. The molecule has 0 amide bonds. The zero-order valence-corrected chi connectivity index (χ0v) is 7.49. The van der Waals surface area contributed by atoms with E-state index in [0.717, 1.165) is 18.5 Å². The molecule has 0 fully saturated rings. The van der Waals surface area contributed by atoms with Crippen LogP contribution in [-0.4, -0.2) is 14.1 Å². The van der Waals surface area contributed by atoms with Crippen molar-refractivity contribution in [2.24, 2.45) is 0 Å². The summed E-state index contributed by atoms with van der Waals surface area (Å²) in [5.41, 5.74) is 1.13. The Labute approximate surface area is 75.0 Å². The van der Waals surface area contributed by atoms with Crippen molar-refractivity contribution < 1.29 is 4.65 Å². The minimum atomic E-state index is 0.825. The van der Waals surface area contributed by atoms with Gasteiger partial charge in [-0.3, -0.25) is 0 Å². The van der Waals surface area contributed by atoms with E-state index in [9.17, 15) is 0 Å². The summed E-state index contributed by atoms with van der Waals surface area (Å²) in [6.45, 7) is 2.98. The van der Waals surface area contributed by atoms with Crippen LogP contribution in [0.25, 0.3) is 0 Å². The highest BCUT2D eigenvalue weighted by Crippen LogP contribution is 1.87. The third-order valence-corrected chi connectivity index (χ3v) is 1.63. The molecule has 2 heteroatoms. The summed E-state index contributed by atoms with van der Waals surface area (Å²) in [5, 5.41) is 0. The summed E-state index contributed by atoms with van der Waals surface area (Å²) in [6.07, 6.45) is 2.31. The molecule has 63 valence electrons. The second kappa shape index (κ2) is 5.84. The highest BCUT2D eigenvalue weighted by atomic mass is 16.4. The molecule has 0 aromatic heterocycles. The summed E-state index contributed by atoms with van der Waals surface area (Å²) >= 11 is 0. The van der Waals surface area contributed by atoms with E-state index in [1.807, 2.05) is 37.8 Å². The molecule has 0 heterocycles. The predicted molar refractivity (Wildman–Crippen MR) is 52.7 cm³/mol. The molecule has 1 aromatic rings. The zero-order valence-electron chi connectivity index (χ0n) is 7.49. The SMILES string of the molecule is CCCCO[B]c1ccccc1. The third-order valence-electron chi connectivity index (χ3n) is 1.63. The van der Waals surface area contributed by atoms with Crippen LogP contribution in [0, 0.1) is 0 Å². The maximum Gasteiger partial charge on any atom is 0.329 e. The Hall–Kier alpha value is -0.755. The fourth-order valence-corrected chi connectivity index (χ4v) is 0.914. The topological polar surface area (TPSA) is 9.23 Å². The second-order valence-corrected chi connectivity index (χ2v) is 2.75. The second-order valence-electron chi connectivity index (χ2n) is 2.75. The van der Waals surface area contributed by atoms with Gasteiger partial charge in [0.05, 0.1) is 0 Å². The highest BCUT2D eigenvalue weighted by Gasteiger charge is 1.94. The van der Waals surface area contributed by atoms with Gasteiger partial charge in [-0.1, -0.05) is 49.1 Å². The fraction of sp³-hybridized carbons (Fsp3) is 0.400. The van der Waals surface area contributed by atoms with E-state index < -0.39 is 0 Å². The minimum absolute atomic E-state index is 0.825. The van der Waals surface area contributed by atoms with Gasteiger partial charge in [0.25, 0.3) is 0 Å². The van der Waals surface area contributed by atoms with Crippen molar-refractivity contribution in [3.05, 3.63) is 30.3 Å². The van der Waals surface area contributed by atoms with E-state index in [0.29, 0.717) is 0 Å². The molecule has 1 aromatic carbocycles. The molecule has 0 aliphatic rings. The van der Waals surface area contributed by atoms with Crippen molar-refractivity contribution in [2.75, 3.05) is 6.61 Å². The van der Waals surface area contributed by atoms with Crippen LogP contribution in [0.3, 0.4) is 0 Å². The average molecular weight is 161 g/mol. The van der Waals surface area contributed by atoms with Gasteiger partial charge < -0.3 is 4.65 Å². The first-order valence-corrected chi connectivity index (χ1v) is 4.43. The Balaban J connectivity index is 2.16. The largest absolute Gasteiger partial charge is 0.434 e. The Morgan fingerprint density at radius 3 is 2.67 bits per heavy atom. The van der Waals surface area contributed by atoms with Gasteiger partial charge in [0.2, 0.25) is 0 Å². The lowest BCUT2D eigenvalue weighted by atomic mass is 9.88. The summed E-state index contributed by atoms with van der Waals surface area (Å²) in [4.78, 5) is 0. The number of unbranched alkanes of at least 4 members (excludes halogenated alkanes) is 1. The molecule has 0 saturated heterocycles. The summed E-state index contributed by atoms with van der Waals surface area (Å²) in [5.74, 6) is 0. The summed E-state index contributed by atoms with van der Waals surface area (Å²) in [7, 11) is 1.82. The lowest BCUT2D eigenvalue weighted by molar-refractivity contribution is 0.332. The van der Waals surface area contributed by atoms with Gasteiger partial charge in [0.1, 0.15) is 0 Å². The van der Waals surface area contributed by atoms with E-state index in [1.54, 1.807) is 0 Å². The number of benzene rings is 1. The highest BCUT2D eigenvalue weighted by molar-refractivity contribution is 6.46. The number of hydrogen-bond donors (Lipinski definition) is 0. The molecular formula is C10H14BO. The van der Waals surface area contributed by atoms with Crippen molar-refractivity contribution in [2.45, 2.75) is 19.8 Å². The van der Waals surface area contributed by atoms with Crippen molar-refractivity contribution >= 4 is 12.9 Å². The predicted octanol–water partition coefficient (Wildman–Crippen LogP) is 1.75. The van der Waals surface area contributed by atoms with Gasteiger partial charge in [-0.15, -0.1) is 0 Å². The Kier molecular flexibility index (Phi) is 4.54. The standard InChI is InChI=1S/C10H14BO/c1-2-3-9-12-11-10-7-5-4-6-8-10/h4-8H,2-3,9H2,1H3. The van der Waals surface area contributed by atoms with Gasteiger partial charge in [-0.2, -0.15) is 0 Å². The van der Waals surface area contributed by atoms with E-state index in [2.05, 4.69) is 6.92 Å². The smallest absolute Gasteiger partial charge is 0.329 e. The van der Waals surface area contributed by atoms with Crippen LogP contribution in [0.5, 0.6) is 0 Å². The quantitative estimate of drug-likeness (QED) is 0.472. The van der Waals surface area contributed by atoms with E-state index in [1.165, 1.54) is 6.42 Å². The van der Waals surface area contributed by atoms with Crippen molar-refractivity contribution in [3.63, 3.8) is 0 Å². The first kappa shape index (κ1) is 9.33. The molecule has 1 rings (SSSR count). The van der Waals surface area contributed by atoms with Crippen LogP contribution in [0.2, 0.25) is 0 Å². The molecule has 1 radical (unpaired) electrons. The molecule has 1 nitrogen and oxygen atoms in total. The van der Waals surface area contributed by atoms with Crippen LogP contribution >= 0.6 is 0 Å². The van der Waals surface area contributed by atoms with Gasteiger partial charge in [-0.25, -0.2) is 0 Å². The maximum absolute atomic E-state index is 5.34. The fourth-order valence-electron chi connectivity index (χ4n) is 0.914. The first-order chi connectivity index (χ1) is 5.93. The molecule has 0 aliphatic carbocycles. The Bertz CT molecular complexity index is 198. The van der Waals surface area contributed by atoms with Crippen LogP contribution in [-0.2, 0) is 4.65 Å². The molecular weight excluding hydrogens is 147 g/mol.